The van der Waals surface area contributed by atoms with E-state index in [1.54, 1.807) is 44.6 Å². The molecule has 1 amide bonds. The Kier molecular flexibility index (Phi) is 5.30. The van der Waals surface area contributed by atoms with E-state index < -0.39 is 11.7 Å². The maximum absolute atomic E-state index is 14.7. The summed E-state index contributed by atoms with van der Waals surface area (Å²) < 4.78 is 21.4. The highest BCUT2D eigenvalue weighted by Gasteiger charge is 2.18. The topological polar surface area (TPSA) is 131 Å². The van der Waals surface area contributed by atoms with Crippen molar-refractivity contribution < 1.29 is 18.7 Å². The van der Waals surface area contributed by atoms with Gasteiger partial charge in [-0.2, -0.15) is 4.98 Å². The van der Waals surface area contributed by atoms with Gasteiger partial charge in [-0.1, -0.05) is 6.07 Å². The number of oxazole rings is 1. The molecular weight excluding hydrogens is 441 g/mol. The Morgan fingerprint density at radius 3 is 2.82 bits per heavy atom. The summed E-state index contributed by atoms with van der Waals surface area (Å²) in [4.78, 5) is 29.5. The van der Waals surface area contributed by atoms with Crippen LogP contribution in [0.2, 0.25) is 0 Å². The molecule has 0 bridgehead atoms. The molecule has 4 heterocycles. The fraction of sp³-hybridized carbons (Fsp3) is 0.130. The molecule has 0 aliphatic heterocycles. The molecule has 0 fully saturated rings. The molecule has 4 aromatic heterocycles. The van der Waals surface area contributed by atoms with Crippen LogP contribution in [0.15, 0.2) is 53.3 Å². The number of halogens is 1. The van der Waals surface area contributed by atoms with Crippen molar-refractivity contribution in [3.05, 3.63) is 77.6 Å². The van der Waals surface area contributed by atoms with Crippen LogP contribution in [-0.4, -0.2) is 40.6 Å². The van der Waals surface area contributed by atoms with Gasteiger partial charge in [-0.05, 0) is 31.2 Å². The normalized spacial score (nSPS) is 11.2. The first kappa shape index (κ1) is 21.3. The fourth-order valence-corrected chi connectivity index (χ4v) is 3.55. The smallest absolute Gasteiger partial charge is 0.293 e. The summed E-state index contributed by atoms with van der Waals surface area (Å²) in [5.74, 6) is -0.258. The van der Waals surface area contributed by atoms with Crippen LogP contribution in [0, 0.1) is 19.7 Å². The van der Waals surface area contributed by atoms with Crippen LogP contribution in [0.4, 0.5) is 10.1 Å². The molecule has 34 heavy (non-hydrogen) atoms. The number of pyridine rings is 1. The van der Waals surface area contributed by atoms with Gasteiger partial charge < -0.3 is 14.8 Å². The number of fused-ring (bicyclic) bond motifs is 1. The molecule has 5 rings (SSSR count). The number of amides is 1. The van der Waals surface area contributed by atoms with E-state index in [0.29, 0.717) is 34.1 Å². The van der Waals surface area contributed by atoms with E-state index in [4.69, 9.17) is 4.42 Å². The number of aliphatic hydroxyl groups excluding tert-OH is 1. The lowest BCUT2D eigenvalue weighted by molar-refractivity contribution is 0.0994. The van der Waals surface area contributed by atoms with Crippen molar-refractivity contribution in [1.82, 2.24) is 29.5 Å². The highest BCUT2D eigenvalue weighted by atomic mass is 19.1. The predicted octanol–water partition coefficient (Wildman–Crippen LogP) is 3.34. The van der Waals surface area contributed by atoms with Gasteiger partial charge in [0, 0.05) is 42.3 Å². The number of nitrogens with one attached hydrogen (secondary N) is 1. The standard InChI is InChI=1S/C23H18FN7O3/c1-12-20(34-13(2)27-12)22(33)28-16-5-6-18(24)17(8-16)21-29-23-26-9-15(10-31(23)30-21)19-14(11-32)4-3-7-25-19/h3-10,32H,11H2,1-2H3,(H,28,33). The number of rotatable bonds is 5. The molecule has 5 aromatic rings. The summed E-state index contributed by atoms with van der Waals surface area (Å²) in [6.07, 6.45) is 4.82. The average Bonchev–Trinajstić information content (AvgIpc) is 3.41. The summed E-state index contributed by atoms with van der Waals surface area (Å²) in [6.45, 7) is 3.13. The van der Waals surface area contributed by atoms with Crippen molar-refractivity contribution in [1.29, 1.82) is 0 Å². The maximum atomic E-state index is 14.7. The van der Waals surface area contributed by atoms with Crippen molar-refractivity contribution in [2.75, 3.05) is 5.32 Å². The zero-order valence-electron chi connectivity index (χ0n) is 18.2. The monoisotopic (exact) mass is 459 g/mol. The third-order valence-electron chi connectivity index (χ3n) is 5.10. The van der Waals surface area contributed by atoms with E-state index >= 15 is 0 Å². The number of nitrogens with zero attached hydrogens (tertiary/aromatic N) is 6. The molecular formula is C23H18FN7O3. The van der Waals surface area contributed by atoms with Crippen LogP contribution >= 0.6 is 0 Å². The molecule has 0 aliphatic rings. The highest BCUT2D eigenvalue weighted by Crippen LogP contribution is 2.26. The number of aliphatic hydroxyl groups is 1. The Balaban J connectivity index is 1.48. The van der Waals surface area contributed by atoms with Gasteiger partial charge in [0.1, 0.15) is 5.82 Å². The van der Waals surface area contributed by atoms with Gasteiger partial charge in [-0.3, -0.25) is 9.78 Å². The number of aryl methyl sites for hydroxylation is 2. The minimum absolute atomic E-state index is 0.0859. The summed E-state index contributed by atoms with van der Waals surface area (Å²) in [5.41, 5.74) is 2.69. The summed E-state index contributed by atoms with van der Waals surface area (Å²) in [7, 11) is 0. The first-order valence-electron chi connectivity index (χ1n) is 10.3. The van der Waals surface area contributed by atoms with Crippen molar-refractivity contribution >= 4 is 17.4 Å². The molecule has 11 heteroatoms. The minimum Gasteiger partial charge on any atom is -0.436 e. The molecule has 0 saturated carbocycles. The molecule has 0 saturated heterocycles. The van der Waals surface area contributed by atoms with Crippen LogP contribution in [0.25, 0.3) is 28.4 Å². The predicted molar refractivity (Wildman–Crippen MR) is 119 cm³/mol. The number of hydrogen-bond donors (Lipinski definition) is 2. The summed E-state index contributed by atoms with van der Waals surface area (Å²) in [5, 5.41) is 16.6. The molecule has 170 valence electrons. The number of carbonyl (C=O) groups excluding carboxylic acids is 1. The van der Waals surface area contributed by atoms with Gasteiger partial charge >= 0.3 is 0 Å². The Bertz CT molecular complexity index is 1540. The molecule has 0 spiro atoms. The second-order valence-corrected chi connectivity index (χ2v) is 7.49. The number of benzene rings is 1. The lowest BCUT2D eigenvalue weighted by Gasteiger charge is -2.06. The van der Waals surface area contributed by atoms with E-state index in [0.717, 1.165) is 0 Å². The molecule has 0 radical (unpaired) electrons. The van der Waals surface area contributed by atoms with E-state index in [9.17, 15) is 14.3 Å². The quantitative estimate of drug-likeness (QED) is 0.409. The van der Waals surface area contributed by atoms with Crippen LogP contribution in [0.1, 0.15) is 27.7 Å². The van der Waals surface area contributed by atoms with Crippen molar-refractivity contribution in [3.8, 4) is 22.6 Å². The highest BCUT2D eigenvalue weighted by molar-refractivity contribution is 6.03. The summed E-state index contributed by atoms with van der Waals surface area (Å²) in [6, 6.07) is 7.57. The number of anilines is 1. The Morgan fingerprint density at radius 1 is 1.21 bits per heavy atom. The molecule has 0 atom stereocenters. The lowest BCUT2D eigenvalue weighted by atomic mass is 10.1. The Morgan fingerprint density at radius 2 is 2.06 bits per heavy atom. The Labute approximate surface area is 192 Å². The minimum atomic E-state index is -0.562. The van der Waals surface area contributed by atoms with E-state index in [1.807, 2.05) is 0 Å². The van der Waals surface area contributed by atoms with Gasteiger partial charge in [0.05, 0.1) is 23.6 Å². The van der Waals surface area contributed by atoms with Gasteiger partial charge in [0.2, 0.25) is 5.76 Å². The molecule has 0 unspecified atom stereocenters. The first-order valence-corrected chi connectivity index (χ1v) is 10.3. The largest absolute Gasteiger partial charge is 0.436 e. The zero-order valence-corrected chi connectivity index (χ0v) is 18.2. The molecule has 1 aromatic carbocycles. The molecule has 0 aliphatic carbocycles. The second-order valence-electron chi connectivity index (χ2n) is 7.49. The SMILES string of the molecule is Cc1nc(C)c(C(=O)Nc2ccc(F)c(-c3nc4ncc(-c5ncccc5CO)cn4n3)c2)o1. The molecule has 10 nitrogen and oxygen atoms in total. The van der Waals surface area contributed by atoms with Crippen LogP contribution in [0.3, 0.4) is 0 Å². The molecule has 2 N–H and O–H groups in total. The zero-order chi connectivity index (χ0) is 23.8. The van der Waals surface area contributed by atoms with Gasteiger partial charge in [0.25, 0.3) is 11.7 Å². The third-order valence-corrected chi connectivity index (χ3v) is 5.10. The van der Waals surface area contributed by atoms with Gasteiger partial charge in [0.15, 0.2) is 11.7 Å². The Hall–Kier alpha value is -4.51. The van der Waals surface area contributed by atoms with Gasteiger partial charge in [-0.15, -0.1) is 5.10 Å². The van der Waals surface area contributed by atoms with E-state index in [1.165, 1.54) is 22.7 Å². The fourth-order valence-electron chi connectivity index (χ4n) is 3.55. The van der Waals surface area contributed by atoms with Crippen LogP contribution < -0.4 is 5.32 Å². The van der Waals surface area contributed by atoms with Crippen molar-refractivity contribution in [2.45, 2.75) is 20.5 Å². The van der Waals surface area contributed by atoms with Crippen molar-refractivity contribution in [3.63, 3.8) is 0 Å². The third kappa shape index (κ3) is 3.88. The second kappa shape index (κ2) is 8.45. The van der Waals surface area contributed by atoms with Crippen molar-refractivity contribution in [2.24, 2.45) is 0 Å². The van der Waals surface area contributed by atoms with Gasteiger partial charge in [-0.25, -0.2) is 18.9 Å². The maximum Gasteiger partial charge on any atom is 0.293 e. The number of hydrogen-bond acceptors (Lipinski definition) is 8. The lowest BCUT2D eigenvalue weighted by Crippen LogP contribution is -2.12. The number of carbonyl (C=O) groups is 1. The van der Waals surface area contributed by atoms with E-state index in [-0.39, 0.29) is 29.5 Å². The first-order chi connectivity index (χ1) is 16.4. The van der Waals surface area contributed by atoms with Crippen LogP contribution in [-0.2, 0) is 6.61 Å². The number of aromatic nitrogens is 6. The van der Waals surface area contributed by atoms with E-state index in [2.05, 4.69) is 30.4 Å². The summed E-state index contributed by atoms with van der Waals surface area (Å²) >= 11 is 0. The van der Waals surface area contributed by atoms with Crippen LogP contribution in [0.5, 0.6) is 0 Å². The average molecular weight is 459 g/mol.